The van der Waals surface area contributed by atoms with Crippen LogP contribution in [0.25, 0.3) is 0 Å². The van der Waals surface area contributed by atoms with E-state index in [1.54, 1.807) is 13.0 Å². The van der Waals surface area contributed by atoms with Crippen LogP contribution in [0.15, 0.2) is 39.4 Å². The molecule has 0 saturated carbocycles. The van der Waals surface area contributed by atoms with E-state index in [0.29, 0.717) is 5.56 Å². The number of aryl methyl sites for hydroxylation is 1. The second-order valence-corrected chi connectivity index (χ2v) is 7.56. The molecule has 9 nitrogen and oxygen atoms in total. The van der Waals surface area contributed by atoms with Crippen molar-refractivity contribution >= 4 is 36.8 Å². The third kappa shape index (κ3) is 4.07. The molecule has 11 heteroatoms. The number of benzene rings is 1. The van der Waals surface area contributed by atoms with Crippen LogP contribution >= 0.6 is 0 Å². The van der Waals surface area contributed by atoms with E-state index in [1.807, 2.05) is 0 Å². The average molecular weight is 360 g/mol. The first-order valence-electron chi connectivity index (χ1n) is 6.24. The Kier molecular flexibility index (Phi) is 4.75. The number of rotatable bonds is 5. The first-order chi connectivity index (χ1) is 10.6. The second-order valence-electron chi connectivity index (χ2n) is 4.60. The van der Waals surface area contributed by atoms with Crippen molar-refractivity contribution in [2.45, 2.75) is 18.2 Å². The standard InChI is InChI=1S/C12H12N2O7S2/c1-8-3-2-4-9(7-8)22(16,17)12-11(15)10(13-14-12)5-6-21-23(18,19)20/h2-4,7H,5-6H2,1H3,(H,18,19,20). The molecule has 0 saturated heterocycles. The summed E-state index contributed by atoms with van der Waals surface area (Å²) < 4.78 is 58.1. The minimum absolute atomic E-state index is 0.0877. The van der Waals surface area contributed by atoms with Gasteiger partial charge in [-0.1, -0.05) is 12.1 Å². The summed E-state index contributed by atoms with van der Waals surface area (Å²) in [5.41, 5.74) is 0.430. The highest BCUT2D eigenvalue weighted by molar-refractivity contribution is 8.08. The molecule has 1 N–H and O–H groups in total. The molecular formula is C12H12N2O7S2. The maximum Gasteiger partial charge on any atom is 0.397 e. The Morgan fingerprint density at radius 1 is 1.17 bits per heavy atom. The molecule has 2 rings (SSSR count). The van der Waals surface area contributed by atoms with Gasteiger partial charge in [0.05, 0.1) is 11.5 Å². The third-order valence-corrected chi connectivity index (χ3v) is 4.96. The molecule has 1 aromatic rings. The lowest BCUT2D eigenvalue weighted by atomic mass is 10.2. The molecule has 1 aliphatic rings. The first-order valence-corrected chi connectivity index (χ1v) is 9.09. The summed E-state index contributed by atoms with van der Waals surface area (Å²) in [5, 5.41) is 6.11. The fourth-order valence-corrected chi connectivity index (χ4v) is 3.42. The number of sulfone groups is 1. The van der Waals surface area contributed by atoms with Crippen molar-refractivity contribution in [3.8, 4) is 0 Å². The first kappa shape index (κ1) is 17.4. The van der Waals surface area contributed by atoms with E-state index in [4.69, 9.17) is 4.55 Å². The number of hydrogen-bond donors (Lipinski definition) is 1. The molecule has 1 heterocycles. The molecule has 0 amide bonds. The summed E-state index contributed by atoms with van der Waals surface area (Å²) in [7, 11) is -8.76. The van der Waals surface area contributed by atoms with Gasteiger partial charge in [0.25, 0.3) is 0 Å². The lowest BCUT2D eigenvalue weighted by Gasteiger charge is -2.04. The smallest absolute Gasteiger partial charge is 0.284 e. The molecule has 0 spiro atoms. The van der Waals surface area contributed by atoms with E-state index in [2.05, 4.69) is 14.4 Å². The van der Waals surface area contributed by atoms with Crippen molar-refractivity contribution in [1.29, 1.82) is 0 Å². The minimum atomic E-state index is -4.64. The van der Waals surface area contributed by atoms with Gasteiger partial charge < -0.3 is 0 Å². The highest BCUT2D eigenvalue weighted by Crippen LogP contribution is 2.18. The summed E-state index contributed by atoms with van der Waals surface area (Å²) in [6.45, 7) is 1.14. The fraction of sp³-hybridized carbons (Fsp3) is 0.250. The van der Waals surface area contributed by atoms with Crippen molar-refractivity contribution in [2.75, 3.05) is 6.61 Å². The van der Waals surface area contributed by atoms with Crippen molar-refractivity contribution < 1.29 is 30.4 Å². The quantitative estimate of drug-likeness (QED) is 0.745. The largest absolute Gasteiger partial charge is 0.397 e. The Hall–Kier alpha value is -1.95. The molecule has 0 fully saturated rings. The van der Waals surface area contributed by atoms with E-state index >= 15 is 0 Å². The average Bonchev–Trinajstić information content (AvgIpc) is 2.79. The van der Waals surface area contributed by atoms with E-state index in [1.165, 1.54) is 18.2 Å². The Morgan fingerprint density at radius 2 is 1.87 bits per heavy atom. The maximum absolute atomic E-state index is 12.4. The topological polar surface area (TPSA) is 140 Å². The normalized spacial score (nSPS) is 15.5. The predicted octanol–water partition coefficient (Wildman–Crippen LogP) is 0.315. The number of Topliss-reactive ketones (excluding diaryl/α,β-unsaturated/α-hetero) is 1. The minimum Gasteiger partial charge on any atom is -0.284 e. The summed E-state index contributed by atoms with van der Waals surface area (Å²) in [6.07, 6.45) is -0.311. The lowest BCUT2D eigenvalue weighted by molar-refractivity contribution is -0.107. The van der Waals surface area contributed by atoms with E-state index in [9.17, 15) is 21.6 Å². The number of carbonyl (C=O) groups excluding carboxylic acids is 1. The van der Waals surface area contributed by atoms with Gasteiger partial charge in [0.15, 0.2) is 0 Å². The SMILES string of the molecule is Cc1cccc(S(=O)(=O)C2=NN=C(CCOS(=O)(=O)O)C2=O)c1. The van der Waals surface area contributed by atoms with E-state index in [-0.39, 0.29) is 17.0 Å². The molecular weight excluding hydrogens is 348 g/mol. The molecule has 0 atom stereocenters. The molecule has 124 valence electrons. The molecule has 0 aliphatic carbocycles. The van der Waals surface area contributed by atoms with Crippen LogP contribution in [-0.2, 0) is 29.2 Å². The molecule has 1 aliphatic heterocycles. The van der Waals surface area contributed by atoms with E-state index < -0.39 is 37.7 Å². The Morgan fingerprint density at radius 3 is 2.48 bits per heavy atom. The van der Waals surface area contributed by atoms with Gasteiger partial charge in [0, 0.05) is 6.42 Å². The zero-order valence-electron chi connectivity index (χ0n) is 11.8. The van der Waals surface area contributed by atoms with Crippen LogP contribution in [0.3, 0.4) is 0 Å². The van der Waals surface area contributed by atoms with Crippen molar-refractivity contribution in [3.05, 3.63) is 29.8 Å². The number of carbonyl (C=O) groups is 1. The lowest BCUT2D eigenvalue weighted by Crippen LogP contribution is -2.28. The molecule has 0 aromatic heterocycles. The highest BCUT2D eigenvalue weighted by Gasteiger charge is 2.35. The Balaban J connectivity index is 2.14. The fourth-order valence-electron chi connectivity index (χ4n) is 1.80. The van der Waals surface area contributed by atoms with Gasteiger partial charge in [-0.2, -0.15) is 8.42 Å². The van der Waals surface area contributed by atoms with Crippen LogP contribution in [0.5, 0.6) is 0 Å². The molecule has 1 aromatic carbocycles. The zero-order valence-corrected chi connectivity index (χ0v) is 13.5. The number of hydrogen-bond acceptors (Lipinski definition) is 8. The summed E-state index contributed by atoms with van der Waals surface area (Å²) in [6, 6.07) is 5.96. The van der Waals surface area contributed by atoms with Crippen LogP contribution in [-0.4, -0.2) is 44.5 Å². The monoisotopic (exact) mass is 360 g/mol. The molecule has 0 bridgehead atoms. The van der Waals surface area contributed by atoms with Crippen molar-refractivity contribution in [2.24, 2.45) is 10.2 Å². The molecule has 0 unspecified atom stereocenters. The molecule has 23 heavy (non-hydrogen) atoms. The van der Waals surface area contributed by atoms with Crippen LogP contribution in [0.2, 0.25) is 0 Å². The van der Waals surface area contributed by atoms with Gasteiger partial charge in [0.2, 0.25) is 20.7 Å². The van der Waals surface area contributed by atoms with Gasteiger partial charge in [-0.05, 0) is 24.6 Å². The van der Waals surface area contributed by atoms with Gasteiger partial charge in [-0.15, -0.1) is 10.2 Å². The van der Waals surface area contributed by atoms with Crippen molar-refractivity contribution in [1.82, 2.24) is 0 Å². The summed E-state index contributed by atoms with van der Waals surface area (Å²) >= 11 is 0. The number of ketones is 1. The zero-order chi connectivity index (χ0) is 17.3. The van der Waals surface area contributed by atoms with Crippen LogP contribution in [0.1, 0.15) is 12.0 Å². The Labute approximate surface area is 132 Å². The second kappa shape index (κ2) is 6.28. The van der Waals surface area contributed by atoms with Crippen LogP contribution < -0.4 is 0 Å². The Bertz CT molecular complexity index is 914. The third-order valence-electron chi connectivity index (χ3n) is 2.84. The summed E-state index contributed by atoms with van der Waals surface area (Å²) in [4.78, 5) is 12.0. The van der Waals surface area contributed by atoms with Gasteiger partial charge in [-0.3, -0.25) is 9.35 Å². The van der Waals surface area contributed by atoms with Gasteiger partial charge >= 0.3 is 10.4 Å². The van der Waals surface area contributed by atoms with Crippen LogP contribution in [0.4, 0.5) is 0 Å². The van der Waals surface area contributed by atoms with Gasteiger partial charge in [0.1, 0.15) is 5.71 Å². The maximum atomic E-state index is 12.4. The van der Waals surface area contributed by atoms with Gasteiger partial charge in [-0.25, -0.2) is 12.6 Å². The van der Waals surface area contributed by atoms with Crippen LogP contribution in [0, 0.1) is 6.92 Å². The highest BCUT2D eigenvalue weighted by atomic mass is 32.3. The molecule has 0 radical (unpaired) electrons. The van der Waals surface area contributed by atoms with Crippen molar-refractivity contribution in [3.63, 3.8) is 0 Å². The number of nitrogens with zero attached hydrogens (tertiary/aromatic N) is 2. The summed E-state index contributed by atoms with van der Waals surface area (Å²) in [5.74, 6) is -0.926. The predicted molar refractivity (Wildman–Crippen MR) is 80.4 cm³/mol. The van der Waals surface area contributed by atoms with E-state index in [0.717, 1.165) is 0 Å².